The van der Waals surface area contributed by atoms with Crippen LogP contribution in [0.25, 0.3) is 0 Å². The van der Waals surface area contributed by atoms with E-state index in [4.69, 9.17) is 4.74 Å². The molecule has 0 aliphatic heterocycles. The molecular formula is C13H26N2O2. The summed E-state index contributed by atoms with van der Waals surface area (Å²) in [6.07, 6.45) is 5.38. The van der Waals surface area contributed by atoms with E-state index in [1.165, 1.54) is 20.0 Å². The van der Waals surface area contributed by atoms with E-state index in [0.29, 0.717) is 6.04 Å². The van der Waals surface area contributed by atoms with Crippen molar-refractivity contribution in [3.8, 4) is 0 Å². The number of carbonyl (C=O) groups excluding carboxylic acids is 1. The average molecular weight is 242 g/mol. The van der Waals surface area contributed by atoms with Crippen LogP contribution in [-0.4, -0.2) is 50.2 Å². The van der Waals surface area contributed by atoms with Crippen LogP contribution in [0.1, 0.15) is 39.0 Å². The number of methoxy groups -OCH3 is 1. The lowest BCUT2D eigenvalue weighted by Gasteiger charge is -2.28. The number of nitrogens with one attached hydrogen (secondary N) is 1. The maximum atomic E-state index is 11.8. The van der Waals surface area contributed by atoms with E-state index in [1.54, 1.807) is 0 Å². The van der Waals surface area contributed by atoms with Crippen LogP contribution >= 0.6 is 0 Å². The van der Waals surface area contributed by atoms with Gasteiger partial charge in [-0.1, -0.05) is 0 Å². The molecule has 0 saturated heterocycles. The molecule has 0 aromatic carbocycles. The molecule has 1 N–H and O–H groups in total. The third kappa shape index (κ3) is 5.04. The lowest BCUT2D eigenvalue weighted by molar-refractivity contribution is -0.148. The molecule has 1 atom stereocenters. The summed E-state index contributed by atoms with van der Waals surface area (Å²) in [5.41, 5.74) is -0.498. The standard InChI is InChI=1S/C13H26N2O2/c1-13(12(16)17-4,14-11-7-8-11)9-5-6-10-15(2)3/h11,14H,5-10H2,1-4H3. The molecule has 1 unspecified atom stereocenters. The highest BCUT2D eigenvalue weighted by atomic mass is 16.5. The van der Waals surface area contributed by atoms with Gasteiger partial charge in [-0.15, -0.1) is 0 Å². The molecule has 0 bridgehead atoms. The number of hydrogen-bond donors (Lipinski definition) is 1. The number of nitrogens with zero attached hydrogens (tertiary/aromatic N) is 1. The van der Waals surface area contributed by atoms with Crippen molar-refractivity contribution in [3.63, 3.8) is 0 Å². The number of ether oxygens (including phenoxy) is 1. The van der Waals surface area contributed by atoms with Gasteiger partial charge in [0.25, 0.3) is 0 Å². The van der Waals surface area contributed by atoms with Crippen molar-refractivity contribution in [2.45, 2.75) is 50.6 Å². The summed E-state index contributed by atoms with van der Waals surface area (Å²) in [6.45, 7) is 3.04. The molecule has 0 amide bonds. The quantitative estimate of drug-likeness (QED) is 0.516. The van der Waals surface area contributed by atoms with Gasteiger partial charge in [-0.2, -0.15) is 0 Å². The van der Waals surface area contributed by atoms with Crippen molar-refractivity contribution in [2.75, 3.05) is 27.7 Å². The van der Waals surface area contributed by atoms with Gasteiger partial charge < -0.3 is 9.64 Å². The van der Waals surface area contributed by atoms with Gasteiger partial charge in [-0.25, -0.2) is 0 Å². The molecule has 0 heterocycles. The van der Waals surface area contributed by atoms with E-state index in [2.05, 4.69) is 24.3 Å². The molecule has 4 nitrogen and oxygen atoms in total. The number of carbonyl (C=O) groups is 1. The van der Waals surface area contributed by atoms with E-state index >= 15 is 0 Å². The predicted molar refractivity (Wildman–Crippen MR) is 69.0 cm³/mol. The fourth-order valence-electron chi connectivity index (χ4n) is 2.04. The molecule has 0 spiro atoms. The first-order valence-electron chi connectivity index (χ1n) is 6.49. The van der Waals surface area contributed by atoms with E-state index in [9.17, 15) is 4.79 Å². The maximum Gasteiger partial charge on any atom is 0.325 e. The molecule has 17 heavy (non-hydrogen) atoms. The number of rotatable bonds is 8. The second-order valence-corrected chi connectivity index (χ2v) is 5.50. The Morgan fingerprint density at radius 3 is 2.53 bits per heavy atom. The highest BCUT2D eigenvalue weighted by Gasteiger charge is 2.38. The van der Waals surface area contributed by atoms with Gasteiger partial charge in [0.1, 0.15) is 5.54 Å². The summed E-state index contributed by atoms with van der Waals surface area (Å²) in [5, 5.41) is 3.42. The van der Waals surface area contributed by atoms with Crippen LogP contribution < -0.4 is 5.32 Å². The zero-order valence-corrected chi connectivity index (χ0v) is 11.6. The number of unbranched alkanes of at least 4 members (excludes halogenated alkanes) is 1. The Kier molecular flexibility index (Phi) is 5.40. The van der Waals surface area contributed by atoms with Gasteiger partial charge in [-0.3, -0.25) is 10.1 Å². The fraction of sp³-hybridized carbons (Fsp3) is 0.923. The Morgan fingerprint density at radius 2 is 2.06 bits per heavy atom. The number of hydrogen-bond acceptors (Lipinski definition) is 4. The van der Waals surface area contributed by atoms with Crippen molar-refractivity contribution >= 4 is 5.97 Å². The molecule has 0 aromatic rings. The molecule has 1 fully saturated rings. The SMILES string of the molecule is COC(=O)C(C)(CCCCN(C)C)NC1CC1. The topological polar surface area (TPSA) is 41.6 Å². The Hall–Kier alpha value is -0.610. The van der Waals surface area contributed by atoms with Gasteiger partial charge in [0, 0.05) is 6.04 Å². The van der Waals surface area contributed by atoms with Gasteiger partial charge in [0.15, 0.2) is 0 Å². The first-order chi connectivity index (χ1) is 7.98. The molecule has 100 valence electrons. The Morgan fingerprint density at radius 1 is 1.41 bits per heavy atom. The summed E-state index contributed by atoms with van der Waals surface area (Å²) >= 11 is 0. The molecule has 1 rings (SSSR count). The third-order valence-corrected chi connectivity index (χ3v) is 3.27. The van der Waals surface area contributed by atoms with Crippen LogP contribution in [0.3, 0.4) is 0 Å². The third-order valence-electron chi connectivity index (χ3n) is 3.27. The minimum absolute atomic E-state index is 0.130. The molecule has 1 aliphatic carbocycles. The van der Waals surface area contributed by atoms with E-state index in [1.807, 2.05) is 6.92 Å². The van der Waals surface area contributed by atoms with Crippen LogP contribution in [0.2, 0.25) is 0 Å². The Labute approximate surface area is 105 Å². The Bertz CT molecular complexity index is 252. The average Bonchev–Trinajstić information content (AvgIpc) is 3.06. The van der Waals surface area contributed by atoms with Gasteiger partial charge in [0.05, 0.1) is 7.11 Å². The van der Waals surface area contributed by atoms with Crippen molar-refractivity contribution < 1.29 is 9.53 Å². The lowest BCUT2D eigenvalue weighted by Crippen LogP contribution is -2.51. The number of esters is 1. The molecule has 0 radical (unpaired) electrons. The lowest BCUT2D eigenvalue weighted by atomic mass is 9.94. The van der Waals surface area contributed by atoms with E-state index in [-0.39, 0.29) is 5.97 Å². The van der Waals surface area contributed by atoms with E-state index < -0.39 is 5.54 Å². The normalized spacial score (nSPS) is 19.1. The van der Waals surface area contributed by atoms with Gasteiger partial charge >= 0.3 is 5.97 Å². The highest BCUT2D eigenvalue weighted by molar-refractivity contribution is 5.80. The van der Waals surface area contributed by atoms with Crippen molar-refractivity contribution in [1.82, 2.24) is 10.2 Å². The smallest absolute Gasteiger partial charge is 0.325 e. The maximum absolute atomic E-state index is 11.8. The molecule has 4 heteroatoms. The molecule has 0 aromatic heterocycles. The summed E-state index contributed by atoms with van der Waals surface area (Å²) < 4.78 is 4.91. The predicted octanol–water partition coefficient (Wildman–Crippen LogP) is 1.40. The van der Waals surface area contributed by atoms with Crippen LogP contribution in [0.5, 0.6) is 0 Å². The highest BCUT2D eigenvalue weighted by Crippen LogP contribution is 2.26. The van der Waals surface area contributed by atoms with Crippen molar-refractivity contribution in [3.05, 3.63) is 0 Å². The van der Waals surface area contributed by atoms with Gasteiger partial charge in [-0.05, 0) is 59.7 Å². The summed E-state index contributed by atoms with van der Waals surface area (Å²) in [7, 11) is 5.61. The van der Waals surface area contributed by atoms with Crippen LogP contribution in [0.4, 0.5) is 0 Å². The summed E-state index contributed by atoms with van der Waals surface area (Å²) in [5.74, 6) is -0.130. The monoisotopic (exact) mass is 242 g/mol. The second kappa shape index (κ2) is 6.36. The molecular weight excluding hydrogens is 216 g/mol. The first-order valence-corrected chi connectivity index (χ1v) is 6.49. The van der Waals surface area contributed by atoms with Crippen molar-refractivity contribution in [1.29, 1.82) is 0 Å². The fourth-order valence-corrected chi connectivity index (χ4v) is 2.04. The zero-order valence-electron chi connectivity index (χ0n) is 11.6. The zero-order chi connectivity index (χ0) is 12.9. The molecule has 1 aliphatic rings. The van der Waals surface area contributed by atoms with Crippen LogP contribution in [0.15, 0.2) is 0 Å². The van der Waals surface area contributed by atoms with Crippen molar-refractivity contribution in [2.24, 2.45) is 0 Å². The second-order valence-electron chi connectivity index (χ2n) is 5.50. The summed E-state index contributed by atoms with van der Waals surface area (Å²) in [6, 6.07) is 0.521. The first kappa shape index (κ1) is 14.5. The molecule has 1 saturated carbocycles. The Balaban J connectivity index is 2.36. The van der Waals surface area contributed by atoms with Gasteiger partial charge in [0.2, 0.25) is 0 Å². The minimum Gasteiger partial charge on any atom is -0.468 e. The van der Waals surface area contributed by atoms with E-state index in [0.717, 1.165) is 25.8 Å². The largest absolute Gasteiger partial charge is 0.468 e. The minimum atomic E-state index is -0.498. The van der Waals surface area contributed by atoms with Crippen LogP contribution in [-0.2, 0) is 9.53 Å². The van der Waals surface area contributed by atoms with Crippen LogP contribution in [0, 0.1) is 0 Å². The summed E-state index contributed by atoms with van der Waals surface area (Å²) in [4.78, 5) is 14.0.